The molecule has 1 aliphatic carbocycles. The molecule has 1 N–H and O–H groups in total. The number of hydrogen-bond acceptors (Lipinski definition) is 5. The zero-order valence-corrected chi connectivity index (χ0v) is 17.0. The summed E-state index contributed by atoms with van der Waals surface area (Å²) in [6, 6.07) is 3.68. The maximum Gasteiger partial charge on any atom is 0.253 e. The molecular weight excluding hydrogens is 376 g/mol. The first-order valence-corrected chi connectivity index (χ1v) is 11.9. The lowest BCUT2D eigenvalue weighted by Gasteiger charge is -2.34. The van der Waals surface area contributed by atoms with E-state index in [1.54, 1.807) is 12.4 Å². The maximum atomic E-state index is 12.7. The van der Waals surface area contributed by atoms with Crippen molar-refractivity contribution < 1.29 is 13.2 Å². The van der Waals surface area contributed by atoms with Crippen LogP contribution in [0, 0.1) is 5.92 Å². The number of nitrogens with zero attached hydrogens (tertiary/aromatic N) is 3. The summed E-state index contributed by atoms with van der Waals surface area (Å²) in [5.41, 5.74) is 0.202. The number of pyridine rings is 1. The molecule has 2 fully saturated rings. The van der Waals surface area contributed by atoms with E-state index in [9.17, 15) is 13.2 Å². The fourth-order valence-corrected chi connectivity index (χ4v) is 6.00. The van der Waals surface area contributed by atoms with Gasteiger partial charge in [-0.3, -0.25) is 14.8 Å². The summed E-state index contributed by atoms with van der Waals surface area (Å²) in [7, 11) is -3.35. The first-order valence-electron chi connectivity index (χ1n) is 10.3. The summed E-state index contributed by atoms with van der Waals surface area (Å²) in [5.74, 6) is 1.24. The van der Waals surface area contributed by atoms with Gasteiger partial charge in [0.05, 0.1) is 5.75 Å². The van der Waals surface area contributed by atoms with Crippen LogP contribution in [0.2, 0.25) is 0 Å². The number of amides is 1. The van der Waals surface area contributed by atoms with E-state index < -0.39 is 15.6 Å². The Kier molecular flexibility index (Phi) is 5.51. The second kappa shape index (κ2) is 7.91. The van der Waals surface area contributed by atoms with Crippen LogP contribution in [0.5, 0.6) is 0 Å². The quantitative estimate of drug-likeness (QED) is 0.811. The monoisotopic (exact) mass is 404 g/mol. The average molecular weight is 405 g/mol. The van der Waals surface area contributed by atoms with Gasteiger partial charge in [0, 0.05) is 31.4 Å². The summed E-state index contributed by atoms with van der Waals surface area (Å²) < 4.78 is 27.0. The van der Waals surface area contributed by atoms with Gasteiger partial charge in [0.2, 0.25) is 10.0 Å². The molecule has 4 rings (SSSR count). The highest BCUT2D eigenvalue weighted by molar-refractivity contribution is 7.89. The highest BCUT2D eigenvalue weighted by Gasteiger charge is 2.48. The molecule has 3 heterocycles. The van der Waals surface area contributed by atoms with Crippen molar-refractivity contribution in [3.63, 3.8) is 0 Å². The molecule has 1 spiro atoms. The number of aliphatic imine (C=N–C) groups is 1. The fourth-order valence-electron chi connectivity index (χ4n) is 4.51. The second-order valence-corrected chi connectivity index (χ2v) is 10.2. The molecule has 0 atom stereocenters. The van der Waals surface area contributed by atoms with Crippen molar-refractivity contribution in [2.45, 2.75) is 56.9 Å². The van der Waals surface area contributed by atoms with E-state index in [0.717, 1.165) is 24.2 Å². The lowest BCUT2D eigenvalue weighted by atomic mass is 9.88. The zero-order chi connectivity index (χ0) is 19.6. The Labute approximate surface area is 166 Å². The van der Waals surface area contributed by atoms with E-state index in [4.69, 9.17) is 4.99 Å². The summed E-state index contributed by atoms with van der Waals surface area (Å²) >= 11 is 0. The molecule has 3 aliphatic rings. The number of rotatable bonds is 5. The van der Waals surface area contributed by atoms with Gasteiger partial charge >= 0.3 is 0 Å². The van der Waals surface area contributed by atoms with Gasteiger partial charge in [-0.25, -0.2) is 12.7 Å². The van der Waals surface area contributed by atoms with Crippen molar-refractivity contribution in [3.8, 4) is 0 Å². The first-order chi connectivity index (χ1) is 13.5. The first kappa shape index (κ1) is 19.5. The average Bonchev–Trinajstić information content (AvgIpc) is 3.04. The van der Waals surface area contributed by atoms with Gasteiger partial charge in [-0.2, -0.15) is 0 Å². The number of carbonyl (C=O) groups is 1. The summed E-state index contributed by atoms with van der Waals surface area (Å²) in [6.45, 7) is 0.709. The highest BCUT2D eigenvalue weighted by atomic mass is 32.2. The van der Waals surface area contributed by atoms with Crippen LogP contribution in [0.3, 0.4) is 0 Å². The molecular formula is C20H28N4O3S. The van der Waals surface area contributed by atoms with E-state index in [1.807, 2.05) is 12.1 Å². The van der Waals surface area contributed by atoms with Crippen LogP contribution in [-0.2, 0) is 21.2 Å². The summed E-state index contributed by atoms with van der Waals surface area (Å²) in [4.78, 5) is 21.5. The van der Waals surface area contributed by atoms with Crippen molar-refractivity contribution in [1.29, 1.82) is 0 Å². The molecule has 1 amide bonds. The lowest BCUT2D eigenvalue weighted by molar-refractivity contribution is -0.125. The number of hydrogen-bond donors (Lipinski definition) is 1. The third-order valence-electron chi connectivity index (χ3n) is 6.33. The Morgan fingerprint density at radius 3 is 2.46 bits per heavy atom. The third-order valence-corrected chi connectivity index (χ3v) is 8.20. The minimum atomic E-state index is -3.35. The number of amidine groups is 1. The molecule has 2 aliphatic heterocycles. The Morgan fingerprint density at radius 2 is 1.79 bits per heavy atom. The minimum absolute atomic E-state index is 0.0399. The van der Waals surface area contributed by atoms with E-state index in [-0.39, 0.29) is 11.7 Å². The van der Waals surface area contributed by atoms with Crippen molar-refractivity contribution >= 4 is 21.8 Å². The van der Waals surface area contributed by atoms with E-state index in [2.05, 4.69) is 10.3 Å². The topological polar surface area (TPSA) is 91.7 Å². The van der Waals surface area contributed by atoms with Gasteiger partial charge in [-0.1, -0.05) is 19.3 Å². The Hall–Kier alpha value is -1.80. The molecule has 1 saturated heterocycles. The van der Waals surface area contributed by atoms with Crippen LogP contribution in [-0.4, -0.2) is 53.8 Å². The van der Waals surface area contributed by atoms with Crippen LogP contribution in [0.1, 0.15) is 50.5 Å². The van der Waals surface area contributed by atoms with Crippen LogP contribution >= 0.6 is 0 Å². The van der Waals surface area contributed by atoms with Crippen LogP contribution in [0.25, 0.3) is 0 Å². The number of nitrogens with one attached hydrogen (secondary N) is 1. The SMILES string of the molecule is O=C1NC(C2CCCCC2)=NC12CCN(S(=O)(=O)CCc1ccncc1)CC2. The smallest absolute Gasteiger partial charge is 0.253 e. The normalized spacial score (nSPS) is 23.6. The number of aryl methyl sites for hydroxylation is 1. The molecule has 7 nitrogen and oxygen atoms in total. The van der Waals surface area contributed by atoms with Gasteiger partial charge in [0.25, 0.3) is 5.91 Å². The number of aromatic nitrogens is 1. The standard InChI is InChI=1S/C20H28N4O3S/c25-19-20(23-18(22-19)17-4-2-1-3-5-17)9-13-24(14-10-20)28(26,27)15-8-16-6-11-21-12-7-16/h6-7,11-12,17H,1-5,8-10,13-15H2,(H,22,23,25). The Bertz CT molecular complexity index is 839. The Morgan fingerprint density at radius 1 is 1.11 bits per heavy atom. The molecule has 8 heteroatoms. The summed E-state index contributed by atoms with van der Waals surface area (Å²) in [6.07, 6.45) is 10.6. The molecule has 1 aromatic heterocycles. The largest absolute Gasteiger partial charge is 0.312 e. The minimum Gasteiger partial charge on any atom is -0.312 e. The van der Waals surface area contributed by atoms with Crippen molar-refractivity contribution in [2.24, 2.45) is 10.9 Å². The molecule has 1 saturated carbocycles. The van der Waals surface area contributed by atoms with E-state index >= 15 is 0 Å². The van der Waals surface area contributed by atoms with Crippen LogP contribution in [0.15, 0.2) is 29.5 Å². The van der Waals surface area contributed by atoms with Gasteiger partial charge in [-0.15, -0.1) is 0 Å². The molecule has 28 heavy (non-hydrogen) atoms. The van der Waals surface area contributed by atoms with Crippen molar-refractivity contribution in [2.75, 3.05) is 18.8 Å². The predicted molar refractivity (Wildman–Crippen MR) is 107 cm³/mol. The zero-order valence-electron chi connectivity index (χ0n) is 16.1. The van der Waals surface area contributed by atoms with Gasteiger partial charge in [-0.05, 0) is 49.8 Å². The third kappa shape index (κ3) is 3.98. The number of carbonyl (C=O) groups excluding carboxylic acids is 1. The predicted octanol–water partition coefficient (Wildman–Crippen LogP) is 1.90. The van der Waals surface area contributed by atoms with E-state index in [0.29, 0.717) is 38.3 Å². The maximum absolute atomic E-state index is 12.7. The van der Waals surface area contributed by atoms with Gasteiger partial charge < -0.3 is 5.32 Å². The van der Waals surface area contributed by atoms with Gasteiger partial charge in [0.15, 0.2) is 0 Å². The fraction of sp³-hybridized carbons (Fsp3) is 0.650. The lowest BCUT2D eigenvalue weighted by Crippen LogP contribution is -2.51. The molecule has 0 unspecified atom stereocenters. The van der Waals surface area contributed by atoms with E-state index in [1.165, 1.54) is 23.6 Å². The highest BCUT2D eigenvalue weighted by Crippen LogP contribution is 2.34. The van der Waals surface area contributed by atoms with Crippen LogP contribution < -0.4 is 5.32 Å². The van der Waals surface area contributed by atoms with Crippen LogP contribution in [0.4, 0.5) is 0 Å². The molecule has 0 radical (unpaired) electrons. The summed E-state index contributed by atoms with van der Waals surface area (Å²) in [5, 5.41) is 3.02. The molecule has 1 aromatic rings. The Balaban J connectivity index is 1.38. The second-order valence-electron chi connectivity index (χ2n) is 8.14. The van der Waals surface area contributed by atoms with Gasteiger partial charge in [0.1, 0.15) is 11.4 Å². The molecule has 0 aromatic carbocycles. The van der Waals surface area contributed by atoms with Crippen molar-refractivity contribution in [3.05, 3.63) is 30.1 Å². The van der Waals surface area contributed by atoms with Crippen molar-refractivity contribution in [1.82, 2.24) is 14.6 Å². The number of sulfonamides is 1. The molecule has 0 bridgehead atoms. The number of piperidine rings is 1. The molecule has 152 valence electrons.